The molecule has 0 saturated carbocycles. The van der Waals surface area contributed by atoms with Gasteiger partial charge in [-0.25, -0.2) is 4.98 Å². The Hall–Kier alpha value is -2.13. The van der Waals surface area contributed by atoms with Crippen LogP contribution in [0.1, 0.15) is 35.2 Å². The third-order valence-corrected chi connectivity index (χ3v) is 5.43. The van der Waals surface area contributed by atoms with Crippen LogP contribution in [0.5, 0.6) is 0 Å². The Bertz CT molecular complexity index is 779. The van der Waals surface area contributed by atoms with E-state index < -0.39 is 11.9 Å². The number of nitrogens with one attached hydrogen (secondary N) is 2. The van der Waals surface area contributed by atoms with Crippen LogP contribution in [0.25, 0.3) is 0 Å². The van der Waals surface area contributed by atoms with Gasteiger partial charge in [-0.2, -0.15) is 13.2 Å². The Labute approximate surface area is 166 Å². The first-order chi connectivity index (χ1) is 13.5. The third kappa shape index (κ3) is 5.45. The maximum Gasteiger partial charge on any atom is 0.434 e. The Morgan fingerprint density at radius 2 is 2.07 bits per heavy atom. The first-order valence-electron chi connectivity index (χ1n) is 9.10. The molecule has 0 amide bonds. The fourth-order valence-corrected chi connectivity index (χ4v) is 3.93. The summed E-state index contributed by atoms with van der Waals surface area (Å²) in [5, 5.41) is 7.67. The number of ether oxygens (including phenoxy) is 1. The SMILES string of the molecule is CN=C(NCc1nc(C(F)(F)F)cs1)NCC1CCCOC1c1ccccc1. The van der Waals surface area contributed by atoms with Crippen molar-refractivity contribution in [3.63, 3.8) is 0 Å². The van der Waals surface area contributed by atoms with Crippen LogP contribution in [-0.4, -0.2) is 31.1 Å². The van der Waals surface area contributed by atoms with Gasteiger partial charge in [0.1, 0.15) is 5.01 Å². The molecule has 152 valence electrons. The summed E-state index contributed by atoms with van der Waals surface area (Å²) < 4.78 is 43.9. The second-order valence-corrected chi connectivity index (χ2v) is 7.48. The fraction of sp³-hybridized carbons (Fsp3) is 0.474. The average Bonchev–Trinajstić information content (AvgIpc) is 3.19. The molecule has 1 aromatic carbocycles. The third-order valence-electron chi connectivity index (χ3n) is 4.58. The van der Waals surface area contributed by atoms with E-state index in [4.69, 9.17) is 4.74 Å². The van der Waals surface area contributed by atoms with Gasteiger partial charge < -0.3 is 15.4 Å². The van der Waals surface area contributed by atoms with Gasteiger partial charge in [-0.3, -0.25) is 4.99 Å². The van der Waals surface area contributed by atoms with E-state index in [0.29, 0.717) is 17.5 Å². The molecule has 2 atom stereocenters. The van der Waals surface area contributed by atoms with E-state index in [2.05, 4.69) is 32.7 Å². The van der Waals surface area contributed by atoms with Gasteiger partial charge in [0.2, 0.25) is 0 Å². The molecule has 2 heterocycles. The van der Waals surface area contributed by atoms with Gasteiger partial charge >= 0.3 is 6.18 Å². The van der Waals surface area contributed by atoms with Gasteiger partial charge in [0.25, 0.3) is 0 Å². The van der Waals surface area contributed by atoms with Crippen molar-refractivity contribution in [3.8, 4) is 0 Å². The number of benzene rings is 1. The van der Waals surface area contributed by atoms with Crippen LogP contribution in [-0.2, 0) is 17.5 Å². The molecule has 1 aliphatic rings. The summed E-state index contributed by atoms with van der Waals surface area (Å²) in [7, 11) is 1.63. The smallest absolute Gasteiger partial charge is 0.373 e. The van der Waals surface area contributed by atoms with Crippen LogP contribution in [0.2, 0.25) is 0 Å². The first kappa shape index (κ1) is 20.6. The standard InChI is InChI=1S/C19H23F3N4OS/c1-23-18(25-11-16-26-15(12-28-16)19(20,21)22)24-10-14-8-5-9-27-17(14)13-6-3-2-4-7-13/h2-4,6-7,12,14,17H,5,8-11H2,1H3,(H2,23,24,25). The molecule has 5 nitrogen and oxygen atoms in total. The molecule has 9 heteroatoms. The zero-order valence-corrected chi connectivity index (χ0v) is 16.3. The first-order valence-corrected chi connectivity index (χ1v) is 9.98. The average molecular weight is 412 g/mol. The highest BCUT2D eigenvalue weighted by Gasteiger charge is 2.33. The number of halogens is 3. The van der Waals surface area contributed by atoms with E-state index in [-0.39, 0.29) is 18.6 Å². The van der Waals surface area contributed by atoms with Crippen molar-refractivity contribution in [2.45, 2.75) is 31.7 Å². The van der Waals surface area contributed by atoms with Crippen molar-refractivity contribution >= 4 is 17.3 Å². The number of hydrogen-bond acceptors (Lipinski definition) is 4. The fourth-order valence-electron chi connectivity index (χ4n) is 3.19. The number of hydrogen-bond donors (Lipinski definition) is 2. The zero-order valence-electron chi connectivity index (χ0n) is 15.5. The topological polar surface area (TPSA) is 58.5 Å². The predicted octanol–water partition coefficient (Wildman–Crippen LogP) is 3.99. The maximum absolute atomic E-state index is 12.6. The molecule has 0 radical (unpaired) electrons. The second kappa shape index (κ2) is 9.38. The van der Waals surface area contributed by atoms with E-state index >= 15 is 0 Å². The Morgan fingerprint density at radius 3 is 2.75 bits per heavy atom. The Kier molecular flexibility index (Phi) is 6.90. The highest BCUT2D eigenvalue weighted by atomic mass is 32.1. The van der Waals surface area contributed by atoms with Gasteiger partial charge in [0.05, 0.1) is 12.6 Å². The molecular weight excluding hydrogens is 389 g/mol. The molecule has 1 saturated heterocycles. The molecule has 1 aromatic heterocycles. The minimum Gasteiger partial charge on any atom is -0.373 e. The summed E-state index contributed by atoms with van der Waals surface area (Å²) in [5.74, 6) is 0.813. The zero-order chi connectivity index (χ0) is 20.0. The molecule has 28 heavy (non-hydrogen) atoms. The van der Waals surface area contributed by atoms with Crippen LogP contribution in [0, 0.1) is 5.92 Å². The summed E-state index contributed by atoms with van der Waals surface area (Å²) in [6, 6.07) is 10.1. The molecule has 3 rings (SSSR count). The van der Waals surface area contributed by atoms with E-state index in [9.17, 15) is 13.2 Å². The lowest BCUT2D eigenvalue weighted by Crippen LogP contribution is -2.41. The van der Waals surface area contributed by atoms with Gasteiger partial charge in [-0.05, 0) is 18.4 Å². The number of nitrogens with zero attached hydrogens (tertiary/aromatic N) is 2. The molecule has 0 bridgehead atoms. The summed E-state index contributed by atoms with van der Waals surface area (Å²) in [6.45, 7) is 1.59. The number of thiazole rings is 1. The molecule has 1 fully saturated rings. The minimum atomic E-state index is -4.41. The minimum absolute atomic E-state index is 0.0221. The highest BCUT2D eigenvalue weighted by molar-refractivity contribution is 7.09. The van der Waals surface area contributed by atoms with E-state index in [1.165, 1.54) is 0 Å². The quantitative estimate of drug-likeness (QED) is 0.576. The van der Waals surface area contributed by atoms with Crippen molar-refractivity contribution in [2.24, 2.45) is 10.9 Å². The van der Waals surface area contributed by atoms with Crippen molar-refractivity contribution in [2.75, 3.05) is 20.2 Å². The largest absolute Gasteiger partial charge is 0.434 e. The van der Waals surface area contributed by atoms with Gasteiger partial charge in [0, 0.05) is 31.5 Å². The highest BCUT2D eigenvalue weighted by Crippen LogP contribution is 2.33. The Morgan fingerprint density at radius 1 is 1.29 bits per heavy atom. The van der Waals surface area contributed by atoms with Crippen molar-refractivity contribution in [1.82, 2.24) is 15.6 Å². The molecule has 1 aliphatic heterocycles. The van der Waals surface area contributed by atoms with E-state index in [1.54, 1.807) is 7.05 Å². The lowest BCUT2D eigenvalue weighted by Gasteiger charge is -2.32. The molecule has 0 spiro atoms. The monoisotopic (exact) mass is 412 g/mol. The van der Waals surface area contributed by atoms with Crippen LogP contribution in [0.3, 0.4) is 0 Å². The molecule has 2 aromatic rings. The predicted molar refractivity (Wildman–Crippen MR) is 103 cm³/mol. The van der Waals surface area contributed by atoms with Crippen molar-refractivity contribution < 1.29 is 17.9 Å². The molecule has 2 unspecified atom stereocenters. The normalized spacial score (nSPS) is 20.8. The number of alkyl halides is 3. The van der Waals surface area contributed by atoms with Crippen LogP contribution in [0.15, 0.2) is 40.7 Å². The number of guanidine groups is 1. The van der Waals surface area contributed by atoms with Crippen molar-refractivity contribution in [3.05, 3.63) is 52.0 Å². The molecule has 2 N–H and O–H groups in total. The summed E-state index contributed by atoms with van der Waals surface area (Å²) in [6.07, 6.45) is -2.36. The molecule has 0 aliphatic carbocycles. The lowest BCUT2D eigenvalue weighted by molar-refractivity contribution is -0.140. The Balaban J connectivity index is 1.53. The van der Waals surface area contributed by atoms with Gasteiger partial charge in [-0.1, -0.05) is 30.3 Å². The number of aliphatic imine (C=N–C) groups is 1. The van der Waals surface area contributed by atoms with E-state index in [0.717, 1.165) is 41.7 Å². The van der Waals surface area contributed by atoms with E-state index in [1.807, 2.05) is 18.2 Å². The molecular formula is C19H23F3N4OS. The number of aromatic nitrogens is 1. The van der Waals surface area contributed by atoms with Gasteiger partial charge in [0.15, 0.2) is 11.7 Å². The van der Waals surface area contributed by atoms with Crippen LogP contribution < -0.4 is 10.6 Å². The lowest BCUT2D eigenvalue weighted by atomic mass is 9.89. The number of rotatable bonds is 5. The summed E-state index contributed by atoms with van der Waals surface area (Å²) >= 11 is 0.976. The summed E-state index contributed by atoms with van der Waals surface area (Å²) in [4.78, 5) is 7.77. The van der Waals surface area contributed by atoms with Crippen LogP contribution >= 0.6 is 11.3 Å². The van der Waals surface area contributed by atoms with Gasteiger partial charge in [-0.15, -0.1) is 11.3 Å². The summed E-state index contributed by atoms with van der Waals surface area (Å²) in [5.41, 5.74) is 0.293. The van der Waals surface area contributed by atoms with Crippen LogP contribution in [0.4, 0.5) is 13.2 Å². The van der Waals surface area contributed by atoms with Crippen molar-refractivity contribution in [1.29, 1.82) is 0 Å². The second-order valence-electron chi connectivity index (χ2n) is 6.54. The maximum atomic E-state index is 12.6.